The molecule has 6 heteroatoms. The predicted molar refractivity (Wildman–Crippen MR) is 63.2 cm³/mol. The molecule has 0 saturated carbocycles. The lowest BCUT2D eigenvalue weighted by Crippen LogP contribution is -1.98. The van der Waals surface area contributed by atoms with Crippen molar-refractivity contribution in [3.63, 3.8) is 0 Å². The number of aryl methyl sites for hydroxylation is 1. The van der Waals surface area contributed by atoms with Crippen LogP contribution in [0.3, 0.4) is 0 Å². The topological polar surface area (TPSA) is 82.0 Å². The van der Waals surface area contributed by atoms with E-state index in [4.69, 9.17) is 5.73 Å². The Kier molecular flexibility index (Phi) is 2.01. The van der Waals surface area contributed by atoms with Crippen LogP contribution < -0.4 is 5.73 Å². The maximum absolute atomic E-state index is 5.46. The van der Waals surface area contributed by atoms with E-state index in [9.17, 15) is 0 Å². The highest BCUT2D eigenvalue weighted by Gasteiger charge is 2.07. The van der Waals surface area contributed by atoms with Crippen LogP contribution >= 0.6 is 0 Å². The summed E-state index contributed by atoms with van der Waals surface area (Å²) in [6.07, 6.45) is 5.07. The number of hydrogen-bond donors (Lipinski definition) is 1. The molecular weight excluding hydrogens is 216 g/mol. The Balaban J connectivity index is 2.23. The normalized spacial score (nSPS) is 10.9. The Labute approximate surface area is 97.2 Å². The standard InChI is InChI=1S/C11H10N6/c1-7-2-3-10-13-6-9(17(10)16-7)8-4-14-11(12)15-5-8/h2-6H,1H3,(H2,12,14,15). The fourth-order valence-electron chi connectivity index (χ4n) is 1.63. The van der Waals surface area contributed by atoms with E-state index < -0.39 is 0 Å². The second-order valence-corrected chi connectivity index (χ2v) is 3.72. The van der Waals surface area contributed by atoms with Gasteiger partial charge in [-0.2, -0.15) is 5.10 Å². The van der Waals surface area contributed by atoms with Crippen LogP contribution in [-0.4, -0.2) is 24.6 Å². The molecule has 0 saturated heterocycles. The summed E-state index contributed by atoms with van der Waals surface area (Å²) >= 11 is 0. The molecule has 0 aliphatic carbocycles. The van der Waals surface area contributed by atoms with Crippen molar-refractivity contribution in [2.75, 3.05) is 5.73 Å². The zero-order valence-electron chi connectivity index (χ0n) is 9.20. The molecule has 17 heavy (non-hydrogen) atoms. The molecule has 2 N–H and O–H groups in total. The first-order valence-corrected chi connectivity index (χ1v) is 5.13. The fraction of sp³-hybridized carbons (Fsp3) is 0.0909. The van der Waals surface area contributed by atoms with E-state index >= 15 is 0 Å². The summed E-state index contributed by atoms with van der Waals surface area (Å²) in [5, 5.41) is 4.40. The van der Waals surface area contributed by atoms with Crippen molar-refractivity contribution in [2.45, 2.75) is 6.92 Å². The number of nitrogens with two attached hydrogens (primary N) is 1. The summed E-state index contributed by atoms with van der Waals surface area (Å²) in [5.41, 5.74) is 8.86. The SMILES string of the molecule is Cc1ccc2ncc(-c3cnc(N)nc3)n2n1. The number of nitrogen functional groups attached to an aromatic ring is 1. The highest BCUT2D eigenvalue weighted by atomic mass is 15.3. The van der Waals surface area contributed by atoms with Crippen molar-refractivity contribution in [1.29, 1.82) is 0 Å². The van der Waals surface area contributed by atoms with Crippen LogP contribution in [0.2, 0.25) is 0 Å². The third kappa shape index (κ3) is 1.59. The van der Waals surface area contributed by atoms with Gasteiger partial charge in [0.2, 0.25) is 5.95 Å². The number of anilines is 1. The van der Waals surface area contributed by atoms with Crippen LogP contribution in [0.25, 0.3) is 16.9 Å². The molecule has 6 nitrogen and oxygen atoms in total. The first-order valence-electron chi connectivity index (χ1n) is 5.13. The van der Waals surface area contributed by atoms with Crippen molar-refractivity contribution in [3.8, 4) is 11.3 Å². The number of hydrogen-bond acceptors (Lipinski definition) is 5. The van der Waals surface area contributed by atoms with E-state index in [1.54, 1.807) is 23.1 Å². The quantitative estimate of drug-likeness (QED) is 0.671. The zero-order chi connectivity index (χ0) is 11.8. The van der Waals surface area contributed by atoms with Gasteiger partial charge in [0.05, 0.1) is 17.6 Å². The molecule has 3 aromatic heterocycles. The van der Waals surface area contributed by atoms with Crippen LogP contribution in [0.4, 0.5) is 5.95 Å². The number of fused-ring (bicyclic) bond motifs is 1. The maximum Gasteiger partial charge on any atom is 0.219 e. The van der Waals surface area contributed by atoms with Gasteiger partial charge >= 0.3 is 0 Å². The summed E-state index contributed by atoms with van der Waals surface area (Å²) in [6, 6.07) is 3.84. The largest absolute Gasteiger partial charge is 0.368 e. The Morgan fingerprint density at radius 3 is 2.59 bits per heavy atom. The molecule has 0 atom stereocenters. The molecular formula is C11H10N6. The third-order valence-electron chi connectivity index (χ3n) is 2.46. The van der Waals surface area contributed by atoms with Gasteiger partial charge < -0.3 is 5.73 Å². The van der Waals surface area contributed by atoms with E-state index in [0.29, 0.717) is 0 Å². The van der Waals surface area contributed by atoms with Crippen LogP contribution in [0, 0.1) is 6.92 Å². The lowest BCUT2D eigenvalue weighted by atomic mass is 10.3. The first-order chi connectivity index (χ1) is 8.24. The van der Waals surface area contributed by atoms with Crippen LogP contribution in [-0.2, 0) is 0 Å². The second kappa shape index (κ2) is 3.51. The van der Waals surface area contributed by atoms with E-state index in [1.165, 1.54) is 0 Å². The molecule has 0 spiro atoms. The van der Waals surface area contributed by atoms with Gasteiger partial charge in [-0.15, -0.1) is 0 Å². The van der Waals surface area contributed by atoms with Crippen molar-refractivity contribution >= 4 is 11.6 Å². The minimum absolute atomic E-state index is 0.256. The molecule has 0 unspecified atom stereocenters. The summed E-state index contributed by atoms with van der Waals surface area (Å²) in [5.74, 6) is 0.256. The number of aromatic nitrogens is 5. The van der Waals surface area contributed by atoms with Gasteiger partial charge in [-0.3, -0.25) is 0 Å². The van der Waals surface area contributed by atoms with E-state index in [1.807, 2.05) is 19.1 Å². The average molecular weight is 226 g/mol. The van der Waals surface area contributed by atoms with E-state index in [0.717, 1.165) is 22.6 Å². The second-order valence-electron chi connectivity index (χ2n) is 3.72. The molecule has 3 rings (SSSR count). The van der Waals surface area contributed by atoms with Crippen LogP contribution in [0.1, 0.15) is 5.69 Å². The summed E-state index contributed by atoms with van der Waals surface area (Å²) < 4.78 is 1.77. The molecule has 0 radical (unpaired) electrons. The first kappa shape index (κ1) is 9.71. The van der Waals surface area contributed by atoms with Crippen molar-refractivity contribution in [3.05, 3.63) is 36.4 Å². The van der Waals surface area contributed by atoms with Gasteiger partial charge in [-0.1, -0.05) is 0 Å². The molecule has 0 aliphatic heterocycles. The minimum Gasteiger partial charge on any atom is -0.368 e. The summed E-state index contributed by atoms with van der Waals surface area (Å²) in [4.78, 5) is 12.2. The maximum atomic E-state index is 5.46. The summed E-state index contributed by atoms with van der Waals surface area (Å²) in [6.45, 7) is 1.93. The van der Waals surface area contributed by atoms with Gasteiger partial charge in [0.25, 0.3) is 0 Å². The number of imidazole rings is 1. The van der Waals surface area contributed by atoms with Gasteiger partial charge in [0.1, 0.15) is 0 Å². The minimum atomic E-state index is 0.256. The van der Waals surface area contributed by atoms with Crippen LogP contribution in [0.15, 0.2) is 30.7 Å². The highest BCUT2D eigenvalue weighted by Crippen LogP contribution is 2.18. The molecule has 0 bridgehead atoms. The van der Waals surface area contributed by atoms with Crippen LogP contribution in [0.5, 0.6) is 0 Å². The van der Waals surface area contributed by atoms with Crippen molar-refractivity contribution < 1.29 is 0 Å². The highest BCUT2D eigenvalue weighted by molar-refractivity contribution is 5.61. The van der Waals surface area contributed by atoms with Crippen molar-refractivity contribution in [2.24, 2.45) is 0 Å². The monoisotopic (exact) mass is 226 g/mol. The lowest BCUT2D eigenvalue weighted by Gasteiger charge is -2.01. The van der Waals surface area contributed by atoms with E-state index in [-0.39, 0.29) is 5.95 Å². The average Bonchev–Trinajstić information content (AvgIpc) is 2.73. The zero-order valence-corrected chi connectivity index (χ0v) is 9.20. The van der Waals surface area contributed by atoms with Gasteiger partial charge in [-0.25, -0.2) is 19.5 Å². The molecule has 0 amide bonds. The van der Waals surface area contributed by atoms with Gasteiger partial charge in [0, 0.05) is 18.0 Å². The Morgan fingerprint density at radius 2 is 1.82 bits per heavy atom. The lowest BCUT2D eigenvalue weighted by molar-refractivity contribution is 0.905. The molecule has 84 valence electrons. The predicted octanol–water partition coefficient (Wildman–Crippen LogP) is 1.08. The number of rotatable bonds is 1. The Morgan fingerprint density at radius 1 is 1.06 bits per heavy atom. The fourth-order valence-corrected chi connectivity index (χ4v) is 1.63. The molecule has 0 aromatic carbocycles. The third-order valence-corrected chi connectivity index (χ3v) is 2.46. The molecule has 0 aliphatic rings. The van der Waals surface area contributed by atoms with E-state index in [2.05, 4.69) is 20.1 Å². The molecule has 3 aromatic rings. The van der Waals surface area contributed by atoms with Crippen molar-refractivity contribution in [1.82, 2.24) is 24.6 Å². The number of nitrogens with zero attached hydrogens (tertiary/aromatic N) is 5. The Hall–Kier alpha value is -2.50. The van der Waals surface area contributed by atoms with Gasteiger partial charge in [-0.05, 0) is 19.1 Å². The smallest absolute Gasteiger partial charge is 0.219 e. The Bertz CT molecular complexity index is 670. The molecule has 0 fully saturated rings. The van der Waals surface area contributed by atoms with Gasteiger partial charge in [0.15, 0.2) is 5.65 Å². The molecule has 3 heterocycles. The summed E-state index contributed by atoms with van der Waals surface area (Å²) in [7, 11) is 0.